The van der Waals surface area contributed by atoms with Gasteiger partial charge in [-0.2, -0.15) is 11.8 Å². The third-order valence-corrected chi connectivity index (χ3v) is 4.19. The first-order valence-electron chi connectivity index (χ1n) is 6.89. The maximum Gasteiger partial charge on any atom is 0.122 e. The molecule has 0 bridgehead atoms. The van der Waals surface area contributed by atoms with Crippen LogP contribution in [0.15, 0.2) is 22.8 Å². The Balaban J connectivity index is 1.81. The quantitative estimate of drug-likeness (QED) is 0.734. The van der Waals surface area contributed by atoms with Gasteiger partial charge < -0.3 is 9.73 Å². The van der Waals surface area contributed by atoms with Gasteiger partial charge in [-0.05, 0) is 63.0 Å². The zero-order valence-electron chi connectivity index (χ0n) is 11.2. The van der Waals surface area contributed by atoms with Crippen LogP contribution in [0.1, 0.15) is 31.1 Å². The molecule has 0 aliphatic carbocycles. The van der Waals surface area contributed by atoms with Gasteiger partial charge in [-0.1, -0.05) is 0 Å². The molecule has 102 valence electrons. The summed E-state index contributed by atoms with van der Waals surface area (Å²) in [5.41, 5.74) is 0. The number of likely N-dealkylation sites (tertiary alicyclic amines) is 1. The van der Waals surface area contributed by atoms with E-state index in [1.165, 1.54) is 38.1 Å². The van der Waals surface area contributed by atoms with Crippen molar-refractivity contribution in [2.75, 3.05) is 38.2 Å². The number of nitrogens with zero attached hydrogens (tertiary/aromatic N) is 1. The highest BCUT2D eigenvalue weighted by Gasteiger charge is 2.24. The molecule has 0 saturated carbocycles. The molecule has 2 heterocycles. The minimum Gasteiger partial charge on any atom is -0.468 e. The summed E-state index contributed by atoms with van der Waals surface area (Å²) in [5.74, 6) is 2.34. The third-order valence-electron chi connectivity index (χ3n) is 3.49. The Labute approximate surface area is 114 Å². The van der Waals surface area contributed by atoms with Gasteiger partial charge in [0.25, 0.3) is 0 Å². The normalized spacial score (nSPS) is 18.3. The highest BCUT2D eigenvalue weighted by atomic mass is 32.2. The Hall–Kier alpha value is -0.450. The van der Waals surface area contributed by atoms with Gasteiger partial charge in [-0.15, -0.1) is 0 Å². The number of nitrogens with one attached hydrogen (secondary N) is 1. The first-order chi connectivity index (χ1) is 8.92. The summed E-state index contributed by atoms with van der Waals surface area (Å²) >= 11 is 1.91. The Kier molecular flexibility index (Phi) is 6.11. The molecule has 1 aromatic heterocycles. The average molecular weight is 268 g/mol. The lowest BCUT2D eigenvalue weighted by Gasteiger charge is -2.26. The molecule has 0 spiro atoms. The molecule has 1 unspecified atom stereocenters. The number of hydrogen-bond donors (Lipinski definition) is 1. The second-order valence-electron chi connectivity index (χ2n) is 4.82. The fourth-order valence-electron chi connectivity index (χ4n) is 2.52. The van der Waals surface area contributed by atoms with Crippen LogP contribution in [0, 0.1) is 0 Å². The van der Waals surface area contributed by atoms with Crippen molar-refractivity contribution in [3.8, 4) is 0 Å². The van der Waals surface area contributed by atoms with Crippen LogP contribution in [0.2, 0.25) is 0 Å². The van der Waals surface area contributed by atoms with Gasteiger partial charge in [0.2, 0.25) is 0 Å². The number of furan rings is 1. The molecule has 2 rings (SSSR count). The van der Waals surface area contributed by atoms with Crippen LogP contribution in [-0.4, -0.2) is 43.1 Å². The van der Waals surface area contributed by atoms with E-state index in [0.29, 0.717) is 6.04 Å². The van der Waals surface area contributed by atoms with Crippen LogP contribution in [0.25, 0.3) is 0 Å². The molecule has 0 radical (unpaired) electrons. The first-order valence-corrected chi connectivity index (χ1v) is 8.28. The molecule has 1 N–H and O–H groups in total. The summed E-state index contributed by atoms with van der Waals surface area (Å²) in [5, 5.41) is 3.57. The van der Waals surface area contributed by atoms with E-state index in [-0.39, 0.29) is 0 Å². The van der Waals surface area contributed by atoms with Gasteiger partial charge in [0.05, 0.1) is 12.3 Å². The van der Waals surface area contributed by atoms with Gasteiger partial charge in [0.1, 0.15) is 5.76 Å². The Bertz CT molecular complexity index is 310. The van der Waals surface area contributed by atoms with E-state index in [2.05, 4.69) is 22.5 Å². The van der Waals surface area contributed by atoms with Crippen molar-refractivity contribution in [2.45, 2.75) is 25.3 Å². The van der Waals surface area contributed by atoms with Gasteiger partial charge in [-0.3, -0.25) is 4.90 Å². The maximum absolute atomic E-state index is 5.60. The monoisotopic (exact) mass is 268 g/mol. The van der Waals surface area contributed by atoms with E-state index in [1.54, 1.807) is 6.26 Å². The molecule has 18 heavy (non-hydrogen) atoms. The van der Waals surface area contributed by atoms with Crippen LogP contribution in [0.4, 0.5) is 0 Å². The summed E-state index contributed by atoms with van der Waals surface area (Å²) < 4.78 is 5.60. The topological polar surface area (TPSA) is 28.4 Å². The molecular formula is C14H24N2OS. The van der Waals surface area contributed by atoms with Crippen molar-refractivity contribution in [3.63, 3.8) is 0 Å². The van der Waals surface area contributed by atoms with Crippen molar-refractivity contribution in [3.05, 3.63) is 24.2 Å². The van der Waals surface area contributed by atoms with E-state index in [4.69, 9.17) is 4.42 Å². The smallest absolute Gasteiger partial charge is 0.122 e. The SMILES string of the molecule is CSCCCNCC(c1ccco1)N1CCCC1. The molecule has 1 aromatic rings. The third kappa shape index (κ3) is 4.04. The molecule has 1 aliphatic heterocycles. The van der Waals surface area contributed by atoms with E-state index in [0.717, 1.165) is 18.8 Å². The fraction of sp³-hybridized carbons (Fsp3) is 0.714. The highest BCUT2D eigenvalue weighted by Crippen LogP contribution is 2.24. The van der Waals surface area contributed by atoms with Crippen molar-refractivity contribution < 1.29 is 4.42 Å². The van der Waals surface area contributed by atoms with Crippen LogP contribution in [0.5, 0.6) is 0 Å². The van der Waals surface area contributed by atoms with Crippen LogP contribution >= 0.6 is 11.8 Å². The second-order valence-corrected chi connectivity index (χ2v) is 5.81. The van der Waals surface area contributed by atoms with Crippen molar-refractivity contribution in [1.29, 1.82) is 0 Å². The predicted octanol–water partition coefficient (Wildman–Crippen LogP) is 2.76. The minimum absolute atomic E-state index is 0.414. The number of rotatable bonds is 8. The maximum atomic E-state index is 5.60. The summed E-state index contributed by atoms with van der Waals surface area (Å²) in [6, 6.07) is 4.51. The lowest BCUT2D eigenvalue weighted by molar-refractivity contribution is 0.210. The van der Waals surface area contributed by atoms with E-state index >= 15 is 0 Å². The van der Waals surface area contributed by atoms with Gasteiger partial charge in [0.15, 0.2) is 0 Å². The van der Waals surface area contributed by atoms with E-state index in [1.807, 2.05) is 17.8 Å². The summed E-state index contributed by atoms with van der Waals surface area (Å²) in [6.45, 7) is 4.52. The molecule has 1 fully saturated rings. The van der Waals surface area contributed by atoms with Gasteiger partial charge in [0, 0.05) is 6.54 Å². The Morgan fingerprint density at radius 3 is 2.94 bits per heavy atom. The lowest BCUT2D eigenvalue weighted by atomic mass is 10.2. The van der Waals surface area contributed by atoms with Crippen molar-refractivity contribution in [1.82, 2.24) is 10.2 Å². The second kappa shape index (κ2) is 7.87. The number of thioether (sulfide) groups is 1. The summed E-state index contributed by atoms with van der Waals surface area (Å²) in [6.07, 6.45) is 7.83. The van der Waals surface area contributed by atoms with Crippen LogP contribution in [-0.2, 0) is 0 Å². The number of hydrogen-bond acceptors (Lipinski definition) is 4. The van der Waals surface area contributed by atoms with Crippen molar-refractivity contribution >= 4 is 11.8 Å². The standard InChI is InChI=1S/C14H24N2OS/c1-18-11-5-7-15-12-13(14-6-4-10-17-14)16-8-2-3-9-16/h4,6,10,13,15H,2-3,5,7-9,11-12H2,1H3. The van der Waals surface area contributed by atoms with E-state index < -0.39 is 0 Å². The van der Waals surface area contributed by atoms with Crippen LogP contribution < -0.4 is 5.32 Å². The van der Waals surface area contributed by atoms with E-state index in [9.17, 15) is 0 Å². The van der Waals surface area contributed by atoms with Crippen molar-refractivity contribution in [2.24, 2.45) is 0 Å². The summed E-state index contributed by atoms with van der Waals surface area (Å²) in [4.78, 5) is 2.54. The molecular weight excluding hydrogens is 244 g/mol. The zero-order chi connectivity index (χ0) is 12.6. The lowest BCUT2D eigenvalue weighted by Crippen LogP contribution is -2.34. The zero-order valence-corrected chi connectivity index (χ0v) is 12.0. The van der Waals surface area contributed by atoms with Gasteiger partial charge >= 0.3 is 0 Å². The molecule has 0 amide bonds. The molecule has 1 aliphatic rings. The van der Waals surface area contributed by atoms with Crippen LogP contribution in [0.3, 0.4) is 0 Å². The predicted molar refractivity (Wildman–Crippen MR) is 78.1 cm³/mol. The molecule has 3 nitrogen and oxygen atoms in total. The molecule has 1 atom stereocenters. The average Bonchev–Trinajstić information content (AvgIpc) is 3.06. The fourth-order valence-corrected chi connectivity index (χ4v) is 2.96. The Morgan fingerprint density at radius 2 is 2.28 bits per heavy atom. The molecule has 4 heteroatoms. The largest absolute Gasteiger partial charge is 0.468 e. The first kappa shape index (κ1) is 14.0. The van der Waals surface area contributed by atoms with Gasteiger partial charge in [-0.25, -0.2) is 0 Å². The summed E-state index contributed by atoms with van der Waals surface area (Å²) in [7, 11) is 0. The highest BCUT2D eigenvalue weighted by molar-refractivity contribution is 7.98. The molecule has 0 aromatic carbocycles. The minimum atomic E-state index is 0.414. The Morgan fingerprint density at radius 1 is 1.44 bits per heavy atom. The molecule has 1 saturated heterocycles.